The van der Waals surface area contributed by atoms with E-state index in [9.17, 15) is 33.5 Å². The maximum Gasteiger partial charge on any atom is 0.352 e. The number of nitrogens with zero attached hydrogens (tertiary/aromatic N) is 4. The van der Waals surface area contributed by atoms with Crippen LogP contribution in [0.3, 0.4) is 0 Å². The minimum absolute atomic E-state index is 0.0420. The smallest absolute Gasteiger partial charge is 0.352 e. The fourth-order valence-corrected chi connectivity index (χ4v) is 7.34. The molecule has 4 heterocycles. The fraction of sp³-hybridized carbons (Fsp3) is 0.364. The van der Waals surface area contributed by atoms with Gasteiger partial charge in [0.2, 0.25) is 5.43 Å². The lowest BCUT2D eigenvalue weighted by atomic mass is 10.0. The highest BCUT2D eigenvalue weighted by Gasteiger charge is 2.54. The van der Waals surface area contributed by atoms with Gasteiger partial charge in [-0.15, -0.1) is 11.8 Å². The van der Waals surface area contributed by atoms with Crippen LogP contribution in [-0.2, 0) is 25.7 Å². The van der Waals surface area contributed by atoms with E-state index >= 15 is 4.39 Å². The number of ether oxygens (including phenoxy) is 2. The number of alkyl halides is 1. The van der Waals surface area contributed by atoms with Crippen molar-refractivity contribution in [1.82, 2.24) is 19.7 Å². The second-order valence-corrected chi connectivity index (χ2v) is 12.9. The van der Waals surface area contributed by atoms with Crippen molar-refractivity contribution in [3.8, 4) is 5.75 Å². The number of aromatic nitrogens is 1. The average Bonchev–Trinajstić information content (AvgIpc) is 3.10. The number of para-hydroxylation sites is 1. The van der Waals surface area contributed by atoms with Crippen LogP contribution in [0.25, 0.3) is 10.9 Å². The number of hydrogen-bond donors (Lipinski definition) is 2. The van der Waals surface area contributed by atoms with E-state index < -0.39 is 65.3 Å². The summed E-state index contributed by atoms with van der Waals surface area (Å²) in [7, 11) is 1.96. The van der Waals surface area contributed by atoms with Gasteiger partial charge in [0.25, 0.3) is 11.8 Å². The summed E-state index contributed by atoms with van der Waals surface area (Å²) in [5.74, 6) is -3.93. The zero-order chi connectivity index (χ0) is 34.8. The number of carbonyl (C=O) groups excluding carboxylic acids is 3. The average molecular weight is 698 g/mol. The van der Waals surface area contributed by atoms with E-state index in [1.807, 2.05) is 11.9 Å². The number of carboxylic acids is 1. The normalized spacial score (nSPS) is 19.4. The minimum Gasteiger partial charge on any atom is -0.484 e. The van der Waals surface area contributed by atoms with Gasteiger partial charge in [-0.3, -0.25) is 19.3 Å². The Morgan fingerprint density at radius 1 is 1.08 bits per heavy atom. The number of fused-ring (bicyclic) bond motifs is 2. The molecule has 258 valence electrons. The summed E-state index contributed by atoms with van der Waals surface area (Å²) in [6, 6.07) is 10.1. The van der Waals surface area contributed by atoms with Crippen LogP contribution < -0.4 is 20.4 Å². The van der Waals surface area contributed by atoms with Crippen LogP contribution in [-0.4, -0.2) is 114 Å². The third kappa shape index (κ3) is 6.83. The Labute approximate surface area is 283 Å². The zero-order valence-electron chi connectivity index (χ0n) is 26.4. The van der Waals surface area contributed by atoms with E-state index in [1.165, 1.54) is 22.4 Å². The lowest BCUT2D eigenvalue weighted by Crippen LogP contribution is -2.71. The van der Waals surface area contributed by atoms with E-state index in [2.05, 4.69) is 10.2 Å². The second kappa shape index (κ2) is 14.3. The van der Waals surface area contributed by atoms with Crippen LogP contribution in [0.15, 0.2) is 64.7 Å². The lowest BCUT2D eigenvalue weighted by Gasteiger charge is -2.49. The molecule has 0 bridgehead atoms. The molecular weight excluding hydrogens is 664 g/mol. The summed E-state index contributed by atoms with van der Waals surface area (Å²) < 4.78 is 41.1. The van der Waals surface area contributed by atoms with Crippen LogP contribution in [0, 0.1) is 5.82 Å². The van der Waals surface area contributed by atoms with Gasteiger partial charge in [0.1, 0.15) is 47.5 Å². The van der Waals surface area contributed by atoms with Crippen LogP contribution >= 0.6 is 11.8 Å². The molecule has 13 nitrogen and oxygen atoms in total. The number of anilines is 1. The molecule has 0 radical (unpaired) electrons. The van der Waals surface area contributed by atoms with Crippen LogP contribution in [0.2, 0.25) is 0 Å². The van der Waals surface area contributed by atoms with Crippen molar-refractivity contribution in [2.24, 2.45) is 0 Å². The Balaban J connectivity index is 1.17. The number of esters is 1. The van der Waals surface area contributed by atoms with Gasteiger partial charge >= 0.3 is 11.9 Å². The number of carbonyl (C=O) groups is 4. The van der Waals surface area contributed by atoms with Crippen molar-refractivity contribution in [2.75, 3.05) is 63.8 Å². The number of halogens is 2. The predicted octanol–water partition coefficient (Wildman–Crippen LogP) is 1.84. The van der Waals surface area contributed by atoms with Gasteiger partial charge in [-0.2, -0.15) is 0 Å². The third-order valence-corrected chi connectivity index (χ3v) is 9.93. The van der Waals surface area contributed by atoms with E-state index in [0.29, 0.717) is 31.9 Å². The molecule has 16 heteroatoms. The first-order valence-corrected chi connectivity index (χ1v) is 16.5. The van der Waals surface area contributed by atoms with E-state index in [-0.39, 0.29) is 46.8 Å². The number of likely N-dealkylation sites (N-methyl/N-ethyl adjacent to an activating group) is 1. The number of thioether (sulfide) groups is 1. The maximum absolute atomic E-state index is 15.3. The van der Waals surface area contributed by atoms with Gasteiger partial charge in [0, 0.05) is 49.1 Å². The van der Waals surface area contributed by atoms with Crippen LogP contribution in [0.5, 0.6) is 5.75 Å². The highest BCUT2D eigenvalue weighted by Crippen LogP contribution is 2.40. The quantitative estimate of drug-likeness (QED) is 0.223. The predicted molar refractivity (Wildman–Crippen MR) is 176 cm³/mol. The molecule has 2 N–H and O–H groups in total. The Morgan fingerprint density at radius 2 is 1.82 bits per heavy atom. The number of rotatable bonds is 11. The molecule has 2 aromatic carbocycles. The molecule has 0 spiro atoms. The summed E-state index contributed by atoms with van der Waals surface area (Å²) in [5.41, 5.74) is -1.07. The number of carboxylic acid groups (broad SMARTS) is 1. The van der Waals surface area contributed by atoms with Gasteiger partial charge in [-0.05, 0) is 31.3 Å². The molecule has 6 rings (SSSR count). The highest BCUT2D eigenvalue weighted by molar-refractivity contribution is 8.00. The lowest BCUT2D eigenvalue weighted by molar-refractivity contribution is -0.151. The molecule has 2 atom stereocenters. The number of piperazine rings is 1. The first-order chi connectivity index (χ1) is 23.6. The Morgan fingerprint density at radius 3 is 2.51 bits per heavy atom. The molecule has 3 aliphatic rings. The van der Waals surface area contributed by atoms with E-state index in [1.54, 1.807) is 30.3 Å². The molecule has 0 saturated carbocycles. The first kappa shape index (κ1) is 33.9. The maximum atomic E-state index is 15.3. The summed E-state index contributed by atoms with van der Waals surface area (Å²) in [6.45, 7) is 0.594. The molecule has 2 fully saturated rings. The number of benzene rings is 2. The molecule has 2 amide bonds. The van der Waals surface area contributed by atoms with Crippen molar-refractivity contribution in [3.63, 3.8) is 0 Å². The number of hydrogen-bond acceptors (Lipinski definition) is 10. The first-order valence-electron chi connectivity index (χ1n) is 15.5. The Kier molecular flexibility index (Phi) is 9.87. The van der Waals surface area contributed by atoms with Crippen molar-refractivity contribution < 1.29 is 42.5 Å². The fourth-order valence-electron chi connectivity index (χ4n) is 6.02. The molecule has 49 heavy (non-hydrogen) atoms. The van der Waals surface area contributed by atoms with Gasteiger partial charge in [-0.25, -0.2) is 18.4 Å². The number of aryl methyl sites for hydroxylation is 1. The molecule has 3 aliphatic heterocycles. The molecule has 1 aromatic heterocycles. The SMILES string of the molecule is CN1CCN(c2cc3c(cc2F)c(=O)c(C(=O)OCC2=C(C(=O)O)N4C(=O)[C@@H](NC(=O)COc5ccccc5)[C@H]4SC2)cn3CCF)CC1. The van der Waals surface area contributed by atoms with Crippen molar-refractivity contribution >= 4 is 52.1 Å². The second-order valence-electron chi connectivity index (χ2n) is 11.8. The summed E-state index contributed by atoms with van der Waals surface area (Å²) in [5, 5.41) is 11.7. The molecule has 0 unspecified atom stereocenters. The molecular formula is C33H33F2N5O8S. The topological polar surface area (TPSA) is 151 Å². The van der Waals surface area contributed by atoms with Gasteiger partial charge < -0.3 is 34.3 Å². The number of aliphatic carboxylic acids is 1. The van der Waals surface area contributed by atoms with Crippen molar-refractivity contribution in [2.45, 2.75) is 18.0 Å². The van der Waals surface area contributed by atoms with Gasteiger partial charge in [0.05, 0.1) is 17.7 Å². The zero-order valence-corrected chi connectivity index (χ0v) is 27.2. The molecule has 0 aliphatic carbocycles. The van der Waals surface area contributed by atoms with Gasteiger partial charge in [-0.1, -0.05) is 18.2 Å². The minimum atomic E-state index is -1.44. The van der Waals surface area contributed by atoms with E-state index in [4.69, 9.17) is 9.47 Å². The highest BCUT2D eigenvalue weighted by atomic mass is 32.2. The number of pyridine rings is 1. The van der Waals surface area contributed by atoms with Gasteiger partial charge in [0.15, 0.2) is 6.61 Å². The summed E-state index contributed by atoms with van der Waals surface area (Å²) in [4.78, 5) is 69.4. The Hall–Kier alpha value is -4.96. The number of β-lactam (4-membered cyclic amide) rings is 1. The largest absolute Gasteiger partial charge is 0.484 e. The van der Waals surface area contributed by atoms with Crippen molar-refractivity contribution in [1.29, 1.82) is 0 Å². The third-order valence-electron chi connectivity index (χ3n) is 8.59. The van der Waals surface area contributed by atoms with E-state index in [0.717, 1.165) is 17.2 Å². The van der Waals surface area contributed by atoms with Crippen LogP contribution in [0.1, 0.15) is 10.4 Å². The number of amides is 2. The summed E-state index contributed by atoms with van der Waals surface area (Å²) in [6.07, 6.45) is 1.16. The monoisotopic (exact) mass is 697 g/mol. The summed E-state index contributed by atoms with van der Waals surface area (Å²) >= 11 is 1.17. The van der Waals surface area contributed by atoms with Crippen molar-refractivity contribution in [3.05, 3.63) is 81.5 Å². The molecule has 3 aromatic rings. The van der Waals surface area contributed by atoms with Crippen LogP contribution in [0.4, 0.5) is 14.5 Å². The number of nitrogens with one attached hydrogen (secondary N) is 1. The standard InChI is InChI=1S/C33H33F2N5O8S/c1-37-9-11-38(12-10-37)25-14-24-21(13-23(25)35)29(42)22(15-39(24)8-7-34)33(46)48-16-19-18-49-31-27(30(43)40(31)28(19)32(44)45)36-26(41)17-47-20-5-3-2-4-6-20/h2-6,13-15,27,31H,7-12,16-18H2,1H3,(H,36,41)(H,44,45)/t27-,31-/m1/s1. The Bertz CT molecular complexity index is 1900. The molecule has 2 saturated heterocycles.